The molecule has 27 heavy (non-hydrogen) atoms. The lowest BCUT2D eigenvalue weighted by Crippen LogP contribution is -2.17. The molecule has 3 rings (SSSR count). The summed E-state index contributed by atoms with van der Waals surface area (Å²) in [6, 6.07) is 5.60. The van der Waals surface area contributed by atoms with Crippen LogP contribution in [0, 0.1) is 13.8 Å². The van der Waals surface area contributed by atoms with Crippen molar-refractivity contribution in [1.82, 2.24) is 10.1 Å². The molecular weight excluding hydrogens is 383 g/mol. The molecule has 0 atom stereocenters. The Morgan fingerprint density at radius 3 is 2.56 bits per heavy atom. The summed E-state index contributed by atoms with van der Waals surface area (Å²) in [6.07, 6.45) is -2.65. The first kappa shape index (κ1) is 18.9. The van der Waals surface area contributed by atoms with Crippen LogP contribution in [-0.4, -0.2) is 22.4 Å². The van der Waals surface area contributed by atoms with Gasteiger partial charge in [0.15, 0.2) is 5.13 Å². The maximum absolute atomic E-state index is 12.3. The van der Waals surface area contributed by atoms with Crippen LogP contribution in [0.5, 0.6) is 5.75 Å². The number of aryl methyl sites for hydroxylation is 2. The number of rotatable bonds is 5. The average Bonchev–Trinajstić information content (AvgIpc) is 3.14. The van der Waals surface area contributed by atoms with E-state index in [-0.39, 0.29) is 11.7 Å². The van der Waals surface area contributed by atoms with Gasteiger partial charge in [0.25, 0.3) is 5.91 Å². The molecule has 0 bridgehead atoms. The molecule has 2 heterocycles. The molecule has 1 aromatic carbocycles. The van der Waals surface area contributed by atoms with Crippen molar-refractivity contribution in [3.63, 3.8) is 0 Å². The van der Waals surface area contributed by atoms with Crippen molar-refractivity contribution in [3.8, 4) is 5.75 Å². The van der Waals surface area contributed by atoms with E-state index in [9.17, 15) is 18.0 Å². The van der Waals surface area contributed by atoms with Crippen LogP contribution in [0.2, 0.25) is 0 Å². The fraction of sp³-hybridized carbons (Fsp3) is 0.235. The minimum atomic E-state index is -4.71. The zero-order chi connectivity index (χ0) is 19.6. The number of thiazole rings is 1. The predicted octanol–water partition coefficient (Wildman–Crippen LogP) is 4.49. The van der Waals surface area contributed by atoms with Crippen LogP contribution in [0.3, 0.4) is 0 Å². The van der Waals surface area contributed by atoms with Crippen molar-refractivity contribution in [1.29, 1.82) is 0 Å². The van der Waals surface area contributed by atoms with E-state index in [1.807, 2.05) is 0 Å². The average molecular weight is 397 g/mol. The molecule has 3 aromatic rings. The Morgan fingerprint density at radius 2 is 1.96 bits per heavy atom. The Hall–Kier alpha value is -2.88. The normalized spacial score (nSPS) is 11.4. The number of nitrogens with one attached hydrogen (secondary N) is 1. The number of anilines is 1. The van der Waals surface area contributed by atoms with Gasteiger partial charge in [0.05, 0.1) is 5.69 Å². The van der Waals surface area contributed by atoms with Gasteiger partial charge in [-0.05, 0) is 31.5 Å². The summed E-state index contributed by atoms with van der Waals surface area (Å²) in [5.41, 5.74) is 1.65. The molecular formula is C17H14F3N3O3S. The second kappa shape index (κ2) is 7.39. The van der Waals surface area contributed by atoms with E-state index < -0.39 is 6.36 Å². The van der Waals surface area contributed by atoms with Crippen LogP contribution in [0.4, 0.5) is 18.3 Å². The van der Waals surface area contributed by atoms with Gasteiger partial charge in [0.2, 0.25) is 0 Å². The molecule has 0 spiro atoms. The van der Waals surface area contributed by atoms with E-state index in [4.69, 9.17) is 4.52 Å². The van der Waals surface area contributed by atoms with Gasteiger partial charge < -0.3 is 9.26 Å². The van der Waals surface area contributed by atoms with Crippen LogP contribution < -0.4 is 10.1 Å². The van der Waals surface area contributed by atoms with Crippen LogP contribution in [-0.2, 0) is 6.42 Å². The molecule has 2 aromatic heterocycles. The van der Waals surface area contributed by atoms with Crippen molar-refractivity contribution in [3.05, 3.63) is 57.9 Å². The second-order valence-electron chi connectivity index (χ2n) is 5.65. The van der Waals surface area contributed by atoms with Gasteiger partial charge in [-0.2, -0.15) is 0 Å². The first-order chi connectivity index (χ1) is 12.7. The van der Waals surface area contributed by atoms with Crippen LogP contribution in [0.25, 0.3) is 0 Å². The topological polar surface area (TPSA) is 77.3 Å². The fourth-order valence-electron chi connectivity index (χ4n) is 2.42. The second-order valence-corrected chi connectivity index (χ2v) is 6.77. The van der Waals surface area contributed by atoms with Crippen molar-refractivity contribution in [2.24, 2.45) is 0 Å². The third-order valence-corrected chi connectivity index (χ3v) is 4.48. The van der Waals surface area contributed by atoms with E-state index in [1.165, 1.54) is 23.5 Å². The Bertz CT molecular complexity index is 929. The first-order valence-electron chi connectivity index (χ1n) is 7.75. The quantitative estimate of drug-likeness (QED) is 0.686. The summed E-state index contributed by atoms with van der Waals surface area (Å²) in [4.78, 5) is 17.3. The van der Waals surface area contributed by atoms with Crippen molar-refractivity contribution >= 4 is 22.4 Å². The van der Waals surface area contributed by atoms with E-state index in [0.29, 0.717) is 28.6 Å². The van der Waals surface area contributed by atoms with Crippen molar-refractivity contribution in [2.75, 3.05) is 5.32 Å². The largest absolute Gasteiger partial charge is 0.573 e. The monoisotopic (exact) mass is 397 g/mol. The number of amides is 1. The molecule has 0 aliphatic rings. The summed E-state index contributed by atoms with van der Waals surface area (Å²) in [7, 11) is 0. The summed E-state index contributed by atoms with van der Waals surface area (Å²) in [6.45, 7) is 3.32. The van der Waals surface area contributed by atoms with Gasteiger partial charge >= 0.3 is 6.36 Å². The van der Waals surface area contributed by atoms with Gasteiger partial charge in [0, 0.05) is 17.5 Å². The third-order valence-electron chi connectivity index (χ3n) is 3.57. The van der Waals surface area contributed by atoms with E-state index in [1.54, 1.807) is 32.2 Å². The number of hydrogen-bond donors (Lipinski definition) is 1. The molecule has 0 aliphatic carbocycles. The Kier molecular flexibility index (Phi) is 5.17. The smallest absolute Gasteiger partial charge is 0.406 e. The first-order valence-corrected chi connectivity index (χ1v) is 8.56. The number of carbonyl (C=O) groups is 1. The zero-order valence-corrected chi connectivity index (χ0v) is 15.1. The van der Waals surface area contributed by atoms with E-state index >= 15 is 0 Å². The van der Waals surface area contributed by atoms with Crippen LogP contribution in [0.15, 0.2) is 35.0 Å². The van der Waals surface area contributed by atoms with E-state index in [2.05, 4.69) is 20.2 Å². The summed E-state index contributed by atoms with van der Waals surface area (Å²) < 4.78 is 45.3. The Labute approximate surface area is 156 Å². The Morgan fingerprint density at radius 1 is 1.26 bits per heavy atom. The maximum atomic E-state index is 12.3. The fourth-order valence-corrected chi connectivity index (χ4v) is 3.27. The molecule has 142 valence electrons. The molecule has 0 unspecified atom stereocenters. The lowest BCUT2D eigenvalue weighted by molar-refractivity contribution is -0.274. The van der Waals surface area contributed by atoms with Crippen molar-refractivity contribution in [2.45, 2.75) is 26.6 Å². The number of ether oxygens (including phenoxy) is 1. The number of carbonyl (C=O) groups excluding carboxylic acids is 1. The molecule has 0 saturated heterocycles. The standard InChI is InChI=1S/C17H14F3N3O3S/c1-9-14(10(2)26-23-9)15(24)22-16-21-8-13(27-16)7-11-3-5-12(6-4-11)25-17(18,19)20/h3-6,8H,7H2,1-2H3,(H,21,22,24). The number of benzene rings is 1. The molecule has 0 saturated carbocycles. The SMILES string of the molecule is Cc1noc(C)c1C(=O)Nc1ncc(Cc2ccc(OC(F)(F)F)cc2)s1. The third kappa shape index (κ3) is 4.85. The lowest BCUT2D eigenvalue weighted by Gasteiger charge is -2.08. The summed E-state index contributed by atoms with van der Waals surface area (Å²) in [5.74, 6) is -0.216. The highest BCUT2D eigenvalue weighted by Crippen LogP contribution is 2.26. The lowest BCUT2D eigenvalue weighted by atomic mass is 10.1. The zero-order valence-electron chi connectivity index (χ0n) is 14.3. The molecule has 1 amide bonds. The van der Waals surface area contributed by atoms with Crippen LogP contribution in [0.1, 0.15) is 32.3 Å². The molecule has 0 aliphatic heterocycles. The molecule has 10 heteroatoms. The van der Waals surface area contributed by atoms with E-state index in [0.717, 1.165) is 10.4 Å². The number of alkyl halides is 3. The highest BCUT2D eigenvalue weighted by Gasteiger charge is 2.30. The number of hydrogen-bond acceptors (Lipinski definition) is 6. The van der Waals surface area contributed by atoms with Gasteiger partial charge in [-0.15, -0.1) is 24.5 Å². The number of nitrogens with zero attached hydrogens (tertiary/aromatic N) is 2. The van der Waals surface area contributed by atoms with Gasteiger partial charge in [-0.1, -0.05) is 17.3 Å². The minimum absolute atomic E-state index is 0.275. The predicted molar refractivity (Wildman–Crippen MR) is 92.0 cm³/mol. The highest BCUT2D eigenvalue weighted by molar-refractivity contribution is 7.15. The van der Waals surface area contributed by atoms with Gasteiger partial charge in [0.1, 0.15) is 17.1 Å². The Balaban J connectivity index is 1.63. The van der Waals surface area contributed by atoms with Crippen molar-refractivity contribution < 1.29 is 27.2 Å². The molecule has 0 radical (unpaired) electrons. The van der Waals surface area contributed by atoms with Crippen LogP contribution >= 0.6 is 11.3 Å². The highest BCUT2D eigenvalue weighted by atomic mass is 32.1. The molecule has 1 N–H and O–H groups in total. The number of halogens is 3. The van der Waals surface area contributed by atoms with Gasteiger partial charge in [-0.3, -0.25) is 10.1 Å². The molecule has 6 nitrogen and oxygen atoms in total. The summed E-state index contributed by atoms with van der Waals surface area (Å²) in [5, 5.41) is 6.84. The minimum Gasteiger partial charge on any atom is -0.406 e. The van der Waals surface area contributed by atoms with Gasteiger partial charge in [-0.25, -0.2) is 4.98 Å². The summed E-state index contributed by atoms with van der Waals surface area (Å²) >= 11 is 1.27. The molecule has 0 fully saturated rings. The number of aromatic nitrogens is 2. The maximum Gasteiger partial charge on any atom is 0.573 e.